The molecule has 1 aliphatic rings. The molecule has 0 spiro atoms. The lowest BCUT2D eigenvalue weighted by atomic mass is 9.97. The van der Waals surface area contributed by atoms with Crippen molar-refractivity contribution in [2.24, 2.45) is 5.92 Å². The van der Waals surface area contributed by atoms with Crippen molar-refractivity contribution < 1.29 is 14.7 Å². The first-order chi connectivity index (χ1) is 10.0. The number of aromatic nitrogens is 3. The number of carbonyl (C=O) groups excluding carboxylic acids is 1. The van der Waals surface area contributed by atoms with Crippen LogP contribution in [0.2, 0.25) is 0 Å². The summed E-state index contributed by atoms with van der Waals surface area (Å²) in [4.78, 5) is 29.3. The van der Waals surface area contributed by atoms with E-state index >= 15 is 0 Å². The Morgan fingerprint density at radius 2 is 1.90 bits per heavy atom. The largest absolute Gasteiger partial charge is 0.481 e. The summed E-state index contributed by atoms with van der Waals surface area (Å²) in [5, 5.41) is 13.3. The molecule has 0 aliphatic carbocycles. The molecule has 1 aromatic rings. The van der Waals surface area contributed by atoms with Gasteiger partial charge in [-0.15, -0.1) is 0 Å². The summed E-state index contributed by atoms with van der Waals surface area (Å²) in [6.07, 6.45) is 2.54. The fourth-order valence-electron chi connectivity index (χ4n) is 2.57. The normalized spacial score (nSPS) is 16.2. The molecule has 1 fully saturated rings. The molecule has 0 aromatic carbocycles. The highest BCUT2D eigenvalue weighted by molar-refractivity contribution is 5.76. The number of likely N-dealkylation sites (tertiary alicyclic amines) is 1. The van der Waals surface area contributed by atoms with Crippen LogP contribution in [0.1, 0.15) is 38.3 Å². The predicted molar refractivity (Wildman–Crippen MR) is 75.7 cm³/mol. The van der Waals surface area contributed by atoms with E-state index in [9.17, 15) is 9.59 Å². The number of amides is 1. The van der Waals surface area contributed by atoms with Crippen LogP contribution in [0, 0.1) is 5.92 Å². The Bertz CT molecular complexity index is 518. The molecular weight excluding hydrogens is 272 g/mol. The number of carboxylic acids is 1. The third-order valence-electron chi connectivity index (χ3n) is 3.91. The number of carbonyl (C=O) groups is 2. The zero-order valence-corrected chi connectivity index (χ0v) is 12.6. The highest BCUT2D eigenvalue weighted by Crippen LogP contribution is 2.17. The molecule has 0 unspecified atom stereocenters. The molecule has 1 aromatic heterocycles. The van der Waals surface area contributed by atoms with E-state index in [1.54, 1.807) is 9.58 Å². The van der Waals surface area contributed by atoms with Gasteiger partial charge in [0, 0.05) is 25.9 Å². The Morgan fingerprint density at radius 3 is 2.43 bits per heavy atom. The van der Waals surface area contributed by atoms with Crippen molar-refractivity contribution >= 4 is 11.9 Å². The Kier molecular flexibility index (Phi) is 4.93. The molecule has 0 radical (unpaired) electrons. The third-order valence-corrected chi connectivity index (χ3v) is 3.91. The van der Waals surface area contributed by atoms with Crippen molar-refractivity contribution in [1.82, 2.24) is 19.7 Å². The van der Waals surface area contributed by atoms with Crippen molar-refractivity contribution in [3.05, 3.63) is 11.6 Å². The number of hydrogen-bond donors (Lipinski definition) is 1. The summed E-state index contributed by atoms with van der Waals surface area (Å²) in [7, 11) is 0. The van der Waals surface area contributed by atoms with Crippen molar-refractivity contribution in [1.29, 1.82) is 0 Å². The second-order valence-electron chi connectivity index (χ2n) is 5.30. The monoisotopic (exact) mass is 294 g/mol. The molecular formula is C14H22N4O3. The summed E-state index contributed by atoms with van der Waals surface area (Å²) in [5.41, 5.74) is 0. The average molecular weight is 294 g/mol. The second-order valence-corrected chi connectivity index (χ2v) is 5.30. The second kappa shape index (κ2) is 6.69. The van der Waals surface area contributed by atoms with Gasteiger partial charge in [0.25, 0.3) is 0 Å². The lowest BCUT2D eigenvalue weighted by molar-refractivity contribution is -0.145. The Balaban J connectivity index is 1.96. The molecule has 2 heterocycles. The van der Waals surface area contributed by atoms with Crippen LogP contribution in [0.3, 0.4) is 0 Å². The SMILES string of the molecule is CCc1nc(CC)n(CC(=O)N2CCC(C(=O)O)CC2)n1. The first-order valence-electron chi connectivity index (χ1n) is 7.48. The molecule has 0 atom stereocenters. The van der Waals surface area contributed by atoms with Crippen LogP contribution in [0.5, 0.6) is 0 Å². The van der Waals surface area contributed by atoms with Gasteiger partial charge in [-0.25, -0.2) is 9.67 Å². The number of nitrogens with zero attached hydrogens (tertiary/aromatic N) is 4. The average Bonchev–Trinajstić information content (AvgIpc) is 2.89. The number of carboxylic acid groups (broad SMARTS) is 1. The van der Waals surface area contributed by atoms with Crippen molar-refractivity contribution in [2.45, 2.75) is 46.1 Å². The number of rotatable bonds is 5. The maximum absolute atomic E-state index is 12.3. The summed E-state index contributed by atoms with van der Waals surface area (Å²) in [6, 6.07) is 0. The molecule has 2 rings (SSSR count). The Hall–Kier alpha value is -1.92. The van der Waals surface area contributed by atoms with Gasteiger partial charge >= 0.3 is 5.97 Å². The zero-order chi connectivity index (χ0) is 15.4. The van der Waals surface area contributed by atoms with Gasteiger partial charge in [-0.05, 0) is 12.8 Å². The topological polar surface area (TPSA) is 88.3 Å². The molecule has 116 valence electrons. The van der Waals surface area contributed by atoms with Gasteiger partial charge in [-0.2, -0.15) is 5.10 Å². The van der Waals surface area contributed by atoms with Crippen LogP contribution >= 0.6 is 0 Å². The van der Waals surface area contributed by atoms with E-state index in [2.05, 4.69) is 10.1 Å². The van der Waals surface area contributed by atoms with Crippen LogP contribution in [0.25, 0.3) is 0 Å². The van der Waals surface area contributed by atoms with Crippen LogP contribution in [-0.2, 0) is 29.0 Å². The van der Waals surface area contributed by atoms with E-state index in [1.165, 1.54) is 0 Å². The van der Waals surface area contributed by atoms with Crippen LogP contribution < -0.4 is 0 Å². The predicted octanol–water partition coefficient (Wildman–Crippen LogP) is 0.726. The maximum atomic E-state index is 12.3. The van der Waals surface area contributed by atoms with E-state index < -0.39 is 5.97 Å². The van der Waals surface area contributed by atoms with E-state index in [-0.39, 0.29) is 18.4 Å². The summed E-state index contributed by atoms with van der Waals surface area (Å²) in [5.74, 6) is 0.475. The molecule has 1 amide bonds. The van der Waals surface area contributed by atoms with Crippen molar-refractivity contribution in [3.63, 3.8) is 0 Å². The molecule has 7 nitrogen and oxygen atoms in total. The standard InChI is InChI=1S/C14H22N4O3/c1-3-11-15-12(4-2)18(16-11)9-13(19)17-7-5-10(6-8-17)14(20)21/h10H,3-9H2,1-2H3,(H,20,21). The number of aryl methyl sites for hydroxylation is 2. The number of hydrogen-bond acceptors (Lipinski definition) is 4. The molecule has 7 heteroatoms. The van der Waals surface area contributed by atoms with Gasteiger partial charge in [-0.3, -0.25) is 9.59 Å². The van der Waals surface area contributed by atoms with Gasteiger partial charge < -0.3 is 10.0 Å². The highest BCUT2D eigenvalue weighted by atomic mass is 16.4. The fourth-order valence-corrected chi connectivity index (χ4v) is 2.57. The van der Waals surface area contributed by atoms with E-state index in [0.717, 1.165) is 24.5 Å². The van der Waals surface area contributed by atoms with Crippen LogP contribution in [-0.4, -0.2) is 49.7 Å². The maximum Gasteiger partial charge on any atom is 0.306 e. The minimum Gasteiger partial charge on any atom is -0.481 e. The summed E-state index contributed by atoms with van der Waals surface area (Å²) >= 11 is 0. The van der Waals surface area contributed by atoms with Gasteiger partial charge in [0.15, 0.2) is 5.82 Å². The van der Waals surface area contributed by atoms with Crippen LogP contribution in [0.4, 0.5) is 0 Å². The minimum atomic E-state index is -0.765. The Labute approximate surface area is 124 Å². The Morgan fingerprint density at radius 1 is 1.24 bits per heavy atom. The fraction of sp³-hybridized carbons (Fsp3) is 0.714. The minimum absolute atomic E-state index is 0.0129. The molecule has 1 aliphatic heterocycles. The molecule has 0 saturated carbocycles. The third kappa shape index (κ3) is 3.59. The number of aliphatic carboxylic acids is 1. The quantitative estimate of drug-likeness (QED) is 0.864. The first-order valence-corrected chi connectivity index (χ1v) is 7.48. The van der Waals surface area contributed by atoms with Crippen molar-refractivity contribution in [3.8, 4) is 0 Å². The van der Waals surface area contributed by atoms with Crippen molar-refractivity contribution in [2.75, 3.05) is 13.1 Å². The first kappa shape index (κ1) is 15.5. The lowest BCUT2D eigenvalue weighted by Crippen LogP contribution is -2.42. The molecule has 0 bridgehead atoms. The van der Waals surface area contributed by atoms with Gasteiger partial charge in [0.2, 0.25) is 5.91 Å². The molecule has 1 N–H and O–H groups in total. The van der Waals surface area contributed by atoms with Crippen LogP contribution in [0.15, 0.2) is 0 Å². The van der Waals surface area contributed by atoms with E-state index in [4.69, 9.17) is 5.11 Å². The van der Waals surface area contributed by atoms with E-state index in [1.807, 2.05) is 13.8 Å². The van der Waals surface area contributed by atoms with Gasteiger partial charge in [0.1, 0.15) is 12.4 Å². The van der Waals surface area contributed by atoms with E-state index in [0.29, 0.717) is 25.9 Å². The highest BCUT2D eigenvalue weighted by Gasteiger charge is 2.27. The summed E-state index contributed by atoms with van der Waals surface area (Å²) in [6.45, 7) is 5.17. The molecule has 21 heavy (non-hydrogen) atoms. The lowest BCUT2D eigenvalue weighted by Gasteiger charge is -2.30. The smallest absolute Gasteiger partial charge is 0.306 e. The molecule has 1 saturated heterocycles. The van der Waals surface area contributed by atoms with Gasteiger partial charge in [0.05, 0.1) is 5.92 Å². The number of piperidine rings is 1. The summed E-state index contributed by atoms with van der Waals surface area (Å²) < 4.78 is 1.67. The zero-order valence-electron chi connectivity index (χ0n) is 12.6. The van der Waals surface area contributed by atoms with Gasteiger partial charge in [-0.1, -0.05) is 13.8 Å².